The molecule has 0 aromatic heterocycles. The molecule has 60 valence electrons. The lowest BCUT2D eigenvalue weighted by molar-refractivity contribution is 0.281. The van der Waals surface area contributed by atoms with E-state index >= 15 is 0 Å². The average Bonchev–Trinajstić information content (AvgIpc) is 1.99. The highest BCUT2D eigenvalue weighted by Crippen LogP contribution is 1.95. The largest absolute Gasteiger partial charge is 0.400 e. The van der Waals surface area contributed by atoms with Crippen LogP contribution in [0.15, 0.2) is 12.2 Å². The first-order valence-electron chi connectivity index (χ1n) is 3.55. The Bertz CT molecular complexity index is 89.6. The van der Waals surface area contributed by atoms with Crippen LogP contribution >= 0.6 is 0 Å². The summed E-state index contributed by atoms with van der Waals surface area (Å²) in [7, 11) is 2.11. The molecule has 0 saturated carbocycles. The van der Waals surface area contributed by atoms with Crippen molar-refractivity contribution in [3.63, 3.8) is 0 Å². The van der Waals surface area contributed by atoms with E-state index in [9.17, 15) is 0 Å². The average molecular weight is 160 g/mol. The van der Waals surface area contributed by atoms with Crippen LogP contribution in [-0.4, -0.2) is 23.5 Å². The molecule has 0 bridgehead atoms. The van der Waals surface area contributed by atoms with Crippen molar-refractivity contribution in [3.8, 4) is 0 Å². The number of hydrogen-bond acceptors (Lipinski definition) is 2. The fraction of sp³-hybridized carbons (Fsp3) is 0.714. The van der Waals surface area contributed by atoms with Crippen LogP contribution in [-0.2, 0) is 8.85 Å². The second-order valence-corrected chi connectivity index (χ2v) is 4.29. The summed E-state index contributed by atoms with van der Waals surface area (Å²) in [6, 6.07) is 0.973. The summed E-state index contributed by atoms with van der Waals surface area (Å²) < 4.78 is 10.2. The van der Waals surface area contributed by atoms with Crippen molar-refractivity contribution in [2.45, 2.75) is 19.4 Å². The molecule has 0 atom stereocenters. The van der Waals surface area contributed by atoms with Gasteiger partial charge in [-0.25, -0.2) is 0 Å². The van der Waals surface area contributed by atoms with Crippen LogP contribution in [0.5, 0.6) is 0 Å². The molecule has 0 unspecified atom stereocenters. The maximum Gasteiger partial charge on any atom is 0.324 e. The van der Waals surface area contributed by atoms with Gasteiger partial charge in [-0.2, -0.15) is 0 Å². The van der Waals surface area contributed by atoms with Crippen molar-refractivity contribution < 1.29 is 8.85 Å². The van der Waals surface area contributed by atoms with Crippen LogP contribution < -0.4 is 0 Å². The van der Waals surface area contributed by atoms with Crippen LogP contribution in [0.25, 0.3) is 0 Å². The Morgan fingerprint density at radius 1 is 1.20 bits per heavy atom. The van der Waals surface area contributed by atoms with E-state index in [1.807, 2.05) is 0 Å². The summed E-state index contributed by atoms with van der Waals surface area (Å²) in [5.41, 5.74) is 0. The maximum atomic E-state index is 5.11. The highest BCUT2D eigenvalue weighted by atomic mass is 28.3. The third-order valence-corrected chi connectivity index (χ3v) is 2.97. The Kier molecular flexibility index (Phi) is 6.90. The molecule has 0 saturated heterocycles. The second kappa shape index (κ2) is 6.99. The third-order valence-electron chi connectivity index (χ3n) is 1.26. The normalized spacial score (nSPS) is 11.6. The van der Waals surface area contributed by atoms with Gasteiger partial charge in [0.05, 0.1) is 0 Å². The molecular weight excluding hydrogens is 144 g/mol. The molecule has 0 N–H and O–H groups in total. The molecular formula is C7H16O2Si. The van der Waals surface area contributed by atoms with Crippen molar-refractivity contribution in [1.29, 1.82) is 0 Å². The zero-order chi connectivity index (χ0) is 7.82. The van der Waals surface area contributed by atoms with Crippen molar-refractivity contribution in [2.75, 3.05) is 14.2 Å². The Balaban J connectivity index is 3.34. The SMILES string of the molecule is CCC=CC[SiH](OC)OC. The monoisotopic (exact) mass is 160 g/mol. The van der Waals surface area contributed by atoms with Gasteiger partial charge in [-0.15, -0.1) is 0 Å². The van der Waals surface area contributed by atoms with E-state index in [0.717, 1.165) is 12.5 Å². The zero-order valence-electron chi connectivity index (χ0n) is 6.96. The first-order chi connectivity index (χ1) is 4.85. The lowest BCUT2D eigenvalue weighted by Gasteiger charge is -2.06. The standard InChI is InChI=1S/C7H16O2Si/c1-4-5-6-7-10(8-2)9-3/h5-6,10H,4,7H2,1-3H3. The van der Waals surface area contributed by atoms with Crippen LogP contribution in [0, 0.1) is 0 Å². The Labute approximate surface area is 64.7 Å². The van der Waals surface area contributed by atoms with E-state index in [4.69, 9.17) is 8.85 Å². The summed E-state index contributed by atoms with van der Waals surface area (Å²) in [4.78, 5) is 0. The fourth-order valence-electron chi connectivity index (χ4n) is 0.663. The first-order valence-corrected chi connectivity index (χ1v) is 5.31. The van der Waals surface area contributed by atoms with Crippen molar-refractivity contribution in [1.82, 2.24) is 0 Å². The summed E-state index contributed by atoms with van der Waals surface area (Å²) in [6.07, 6.45) is 5.36. The molecule has 0 radical (unpaired) electrons. The molecule has 0 rings (SSSR count). The topological polar surface area (TPSA) is 18.5 Å². The van der Waals surface area contributed by atoms with E-state index in [1.165, 1.54) is 0 Å². The lowest BCUT2D eigenvalue weighted by Crippen LogP contribution is -2.17. The van der Waals surface area contributed by atoms with Gasteiger partial charge < -0.3 is 8.85 Å². The number of rotatable bonds is 5. The highest BCUT2D eigenvalue weighted by molar-refractivity contribution is 6.44. The van der Waals surface area contributed by atoms with Crippen LogP contribution in [0.4, 0.5) is 0 Å². The minimum atomic E-state index is -1.31. The molecule has 0 aliphatic heterocycles. The summed E-state index contributed by atoms with van der Waals surface area (Å²) in [5.74, 6) is 0. The van der Waals surface area contributed by atoms with Gasteiger partial charge in [0.25, 0.3) is 0 Å². The Hall–Kier alpha value is -0.123. The molecule has 0 fully saturated rings. The molecule has 0 amide bonds. The fourth-order valence-corrected chi connectivity index (χ4v) is 1.65. The minimum Gasteiger partial charge on any atom is -0.400 e. The molecule has 3 heteroatoms. The van der Waals surface area contributed by atoms with E-state index in [1.54, 1.807) is 14.2 Å². The molecule has 0 aliphatic rings. The first kappa shape index (κ1) is 9.88. The number of hydrogen-bond donors (Lipinski definition) is 0. The van der Waals surface area contributed by atoms with E-state index in [0.29, 0.717) is 0 Å². The molecule has 0 aromatic carbocycles. The Morgan fingerprint density at radius 2 is 1.80 bits per heavy atom. The van der Waals surface area contributed by atoms with Gasteiger partial charge in [0.1, 0.15) is 0 Å². The molecule has 0 aliphatic carbocycles. The summed E-state index contributed by atoms with van der Waals surface area (Å²) in [6.45, 7) is 2.12. The van der Waals surface area contributed by atoms with Crippen molar-refractivity contribution >= 4 is 9.28 Å². The highest BCUT2D eigenvalue weighted by Gasteiger charge is 2.04. The van der Waals surface area contributed by atoms with E-state index in [2.05, 4.69) is 19.1 Å². The van der Waals surface area contributed by atoms with Crippen LogP contribution in [0.1, 0.15) is 13.3 Å². The third kappa shape index (κ3) is 4.73. The van der Waals surface area contributed by atoms with E-state index in [-0.39, 0.29) is 0 Å². The van der Waals surface area contributed by atoms with Gasteiger partial charge >= 0.3 is 9.28 Å². The minimum absolute atomic E-state index is 0.973. The predicted octanol–water partition coefficient (Wildman–Crippen LogP) is 1.47. The summed E-state index contributed by atoms with van der Waals surface area (Å²) in [5, 5.41) is 0. The molecule has 2 nitrogen and oxygen atoms in total. The quantitative estimate of drug-likeness (QED) is 0.448. The van der Waals surface area contributed by atoms with Crippen molar-refractivity contribution in [3.05, 3.63) is 12.2 Å². The van der Waals surface area contributed by atoms with Gasteiger partial charge in [-0.3, -0.25) is 0 Å². The molecule has 0 heterocycles. The number of allylic oxidation sites excluding steroid dienone is 2. The second-order valence-electron chi connectivity index (χ2n) is 2.02. The lowest BCUT2D eigenvalue weighted by atomic mass is 10.4. The molecule has 0 aromatic rings. The van der Waals surface area contributed by atoms with Gasteiger partial charge in [-0.05, 0) is 6.42 Å². The van der Waals surface area contributed by atoms with Gasteiger partial charge in [0, 0.05) is 20.3 Å². The van der Waals surface area contributed by atoms with Crippen molar-refractivity contribution in [2.24, 2.45) is 0 Å². The zero-order valence-corrected chi connectivity index (χ0v) is 8.12. The predicted molar refractivity (Wildman–Crippen MR) is 45.4 cm³/mol. The van der Waals surface area contributed by atoms with Crippen LogP contribution in [0.2, 0.25) is 6.04 Å². The van der Waals surface area contributed by atoms with E-state index < -0.39 is 9.28 Å². The van der Waals surface area contributed by atoms with Crippen LogP contribution in [0.3, 0.4) is 0 Å². The van der Waals surface area contributed by atoms with Gasteiger partial charge in [0.15, 0.2) is 0 Å². The smallest absolute Gasteiger partial charge is 0.324 e. The maximum absolute atomic E-state index is 5.11. The van der Waals surface area contributed by atoms with Gasteiger partial charge in [-0.1, -0.05) is 19.1 Å². The van der Waals surface area contributed by atoms with Gasteiger partial charge in [0.2, 0.25) is 0 Å². The molecule has 10 heavy (non-hydrogen) atoms. The summed E-state index contributed by atoms with van der Waals surface area (Å²) >= 11 is 0. The Morgan fingerprint density at radius 3 is 2.20 bits per heavy atom. The molecule has 0 spiro atoms.